The highest BCUT2D eigenvalue weighted by Crippen LogP contribution is 2.20. The van der Waals surface area contributed by atoms with Gasteiger partial charge < -0.3 is 19.5 Å². The van der Waals surface area contributed by atoms with Crippen molar-refractivity contribution in [2.75, 3.05) is 13.7 Å². The average Bonchev–Trinajstić information content (AvgIpc) is 3.43. The van der Waals surface area contributed by atoms with E-state index in [1.54, 1.807) is 24.5 Å². The maximum Gasteiger partial charge on any atom is 0.337 e. The molecule has 1 aliphatic rings. The molecule has 0 spiro atoms. The first-order chi connectivity index (χ1) is 14.5. The van der Waals surface area contributed by atoms with Crippen molar-refractivity contribution >= 4 is 22.8 Å². The minimum atomic E-state index is -0.492. The number of aromatic amines is 1. The lowest BCUT2D eigenvalue weighted by molar-refractivity contribution is -0.125. The summed E-state index contributed by atoms with van der Waals surface area (Å²) in [5.74, 6) is 0.559. The number of carbonyl (C=O) groups excluding carboxylic acids is 2. The van der Waals surface area contributed by atoms with E-state index in [4.69, 9.17) is 9.15 Å². The summed E-state index contributed by atoms with van der Waals surface area (Å²) in [5.41, 5.74) is 0.449. The van der Waals surface area contributed by atoms with Gasteiger partial charge in [-0.3, -0.25) is 14.5 Å². The molecule has 4 rings (SSSR count). The van der Waals surface area contributed by atoms with Crippen LogP contribution in [0.2, 0.25) is 0 Å². The van der Waals surface area contributed by atoms with Gasteiger partial charge in [0.15, 0.2) is 0 Å². The normalized spacial score (nSPS) is 16.6. The number of nitrogens with zero attached hydrogens (tertiary/aromatic N) is 2. The first-order valence-corrected chi connectivity index (χ1v) is 9.70. The molecule has 1 amide bonds. The van der Waals surface area contributed by atoms with Gasteiger partial charge in [-0.05, 0) is 49.7 Å². The fourth-order valence-corrected chi connectivity index (χ4v) is 3.72. The Kier molecular flexibility index (Phi) is 5.62. The Balaban J connectivity index is 1.51. The molecule has 0 aliphatic carbocycles. The number of aromatic nitrogens is 2. The first kappa shape index (κ1) is 19.8. The monoisotopic (exact) mass is 410 g/mol. The summed E-state index contributed by atoms with van der Waals surface area (Å²) < 4.78 is 9.98. The van der Waals surface area contributed by atoms with E-state index < -0.39 is 5.97 Å². The van der Waals surface area contributed by atoms with E-state index in [0.29, 0.717) is 41.1 Å². The Morgan fingerprint density at radius 3 is 3.00 bits per heavy atom. The minimum absolute atomic E-state index is 0.0833. The van der Waals surface area contributed by atoms with E-state index >= 15 is 0 Å². The predicted octanol–water partition coefficient (Wildman–Crippen LogP) is 1.58. The van der Waals surface area contributed by atoms with Gasteiger partial charge in [0.1, 0.15) is 11.6 Å². The zero-order chi connectivity index (χ0) is 21.1. The topological polar surface area (TPSA) is 118 Å². The van der Waals surface area contributed by atoms with Crippen LogP contribution in [0.5, 0.6) is 0 Å². The van der Waals surface area contributed by atoms with Crippen LogP contribution in [0.3, 0.4) is 0 Å². The Hall–Kier alpha value is -3.46. The van der Waals surface area contributed by atoms with E-state index in [1.165, 1.54) is 19.2 Å². The second-order valence-electron chi connectivity index (χ2n) is 7.16. The quantitative estimate of drug-likeness (QED) is 0.593. The van der Waals surface area contributed by atoms with Crippen LogP contribution in [-0.2, 0) is 22.6 Å². The van der Waals surface area contributed by atoms with Crippen LogP contribution in [0.1, 0.15) is 34.8 Å². The zero-order valence-corrected chi connectivity index (χ0v) is 16.5. The van der Waals surface area contributed by atoms with Gasteiger partial charge in [0.25, 0.3) is 5.56 Å². The molecule has 9 nitrogen and oxygen atoms in total. The van der Waals surface area contributed by atoms with Gasteiger partial charge >= 0.3 is 5.97 Å². The summed E-state index contributed by atoms with van der Waals surface area (Å²) in [7, 11) is 1.30. The van der Waals surface area contributed by atoms with Crippen molar-refractivity contribution in [3.8, 4) is 0 Å². The third-order valence-corrected chi connectivity index (χ3v) is 5.21. The Morgan fingerprint density at radius 1 is 1.37 bits per heavy atom. The van der Waals surface area contributed by atoms with Crippen molar-refractivity contribution in [2.24, 2.45) is 0 Å². The van der Waals surface area contributed by atoms with Gasteiger partial charge in [-0.1, -0.05) is 0 Å². The number of fused-ring (bicyclic) bond motifs is 1. The Morgan fingerprint density at radius 2 is 2.23 bits per heavy atom. The van der Waals surface area contributed by atoms with Crippen molar-refractivity contribution in [1.82, 2.24) is 20.2 Å². The number of furan rings is 1. The van der Waals surface area contributed by atoms with Crippen LogP contribution >= 0.6 is 0 Å². The summed E-state index contributed by atoms with van der Waals surface area (Å²) >= 11 is 0. The molecule has 0 unspecified atom stereocenters. The third kappa shape index (κ3) is 4.11. The predicted molar refractivity (Wildman–Crippen MR) is 108 cm³/mol. The lowest BCUT2D eigenvalue weighted by atomic mass is 10.1. The first-order valence-electron chi connectivity index (χ1n) is 9.70. The fourth-order valence-electron chi connectivity index (χ4n) is 3.72. The molecule has 1 atom stereocenters. The van der Waals surface area contributed by atoms with Crippen LogP contribution < -0.4 is 10.9 Å². The Labute approximate surface area is 172 Å². The number of methoxy groups -OCH3 is 1. The summed E-state index contributed by atoms with van der Waals surface area (Å²) in [6, 6.07) is 7.90. The number of benzene rings is 1. The zero-order valence-electron chi connectivity index (χ0n) is 16.5. The van der Waals surface area contributed by atoms with Crippen LogP contribution in [0.4, 0.5) is 0 Å². The van der Waals surface area contributed by atoms with Crippen LogP contribution in [0.15, 0.2) is 45.8 Å². The average molecular weight is 410 g/mol. The standard InChI is InChI=1S/C21H22N4O5/c1-29-21(28)13-6-7-15-16(10-13)23-18(24-19(15)26)12-25-8-2-5-17(25)20(27)22-11-14-4-3-9-30-14/h3-4,6-7,9-10,17H,2,5,8,11-12H2,1H3,(H,22,27)(H,23,24,26)/t17-/m0/s1. The number of esters is 1. The second kappa shape index (κ2) is 8.50. The number of H-pyrrole nitrogens is 1. The molecule has 156 valence electrons. The molecule has 30 heavy (non-hydrogen) atoms. The SMILES string of the molecule is COC(=O)c1ccc2c(=O)[nH]c(CN3CCC[C@H]3C(=O)NCc3ccco3)nc2c1. The van der Waals surface area contributed by atoms with E-state index in [-0.39, 0.29) is 17.5 Å². The van der Waals surface area contributed by atoms with Gasteiger partial charge in [-0.2, -0.15) is 0 Å². The largest absolute Gasteiger partial charge is 0.467 e. The van der Waals surface area contributed by atoms with Gasteiger partial charge in [-0.25, -0.2) is 9.78 Å². The highest BCUT2D eigenvalue weighted by Gasteiger charge is 2.31. The number of nitrogens with one attached hydrogen (secondary N) is 2. The van der Waals surface area contributed by atoms with Gasteiger partial charge in [0.05, 0.1) is 49.0 Å². The number of ether oxygens (including phenoxy) is 1. The summed E-state index contributed by atoms with van der Waals surface area (Å²) in [6.07, 6.45) is 3.17. The maximum atomic E-state index is 12.6. The molecule has 9 heteroatoms. The number of rotatable bonds is 6. The molecule has 0 radical (unpaired) electrons. The molecular formula is C21H22N4O5. The van der Waals surface area contributed by atoms with Crippen molar-refractivity contribution in [3.63, 3.8) is 0 Å². The van der Waals surface area contributed by atoms with Crippen LogP contribution in [0.25, 0.3) is 10.9 Å². The summed E-state index contributed by atoms with van der Waals surface area (Å²) in [5, 5.41) is 3.28. The van der Waals surface area contributed by atoms with Crippen molar-refractivity contribution in [1.29, 1.82) is 0 Å². The molecule has 0 bridgehead atoms. The minimum Gasteiger partial charge on any atom is -0.467 e. The Bertz CT molecular complexity index is 1120. The van der Waals surface area contributed by atoms with Crippen LogP contribution in [0, 0.1) is 0 Å². The second-order valence-corrected chi connectivity index (χ2v) is 7.16. The molecule has 1 saturated heterocycles. The lowest BCUT2D eigenvalue weighted by Crippen LogP contribution is -2.43. The van der Waals surface area contributed by atoms with E-state index in [0.717, 1.165) is 19.4 Å². The summed E-state index contributed by atoms with van der Waals surface area (Å²) in [4.78, 5) is 46.1. The molecule has 2 aromatic heterocycles. The molecule has 3 aromatic rings. The van der Waals surface area contributed by atoms with E-state index in [1.807, 2.05) is 4.90 Å². The molecule has 0 saturated carbocycles. The van der Waals surface area contributed by atoms with Gasteiger partial charge in [0, 0.05) is 0 Å². The molecule has 1 aliphatic heterocycles. The molecule has 1 fully saturated rings. The van der Waals surface area contributed by atoms with Crippen molar-refractivity contribution in [3.05, 3.63) is 64.1 Å². The van der Waals surface area contributed by atoms with E-state index in [2.05, 4.69) is 15.3 Å². The molecular weight excluding hydrogens is 388 g/mol. The highest BCUT2D eigenvalue weighted by atomic mass is 16.5. The maximum absolute atomic E-state index is 12.6. The highest BCUT2D eigenvalue weighted by molar-refractivity contribution is 5.94. The van der Waals surface area contributed by atoms with Crippen LogP contribution in [-0.4, -0.2) is 46.4 Å². The van der Waals surface area contributed by atoms with Gasteiger partial charge in [0.2, 0.25) is 5.91 Å². The van der Waals surface area contributed by atoms with Crippen molar-refractivity contribution < 1.29 is 18.7 Å². The smallest absolute Gasteiger partial charge is 0.337 e. The number of likely N-dealkylation sites (tertiary alicyclic amines) is 1. The molecule has 1 aromatic carbocycles. The molecule has 3 heterocycles. The van der Waals surface area contributed by atoms with E-state index in [9.17, 15) is 14.4 Å². The molecule has 2 N–H and O–H groups in total. The number of carbonyl (C=O) groups is 2. The lowest BCUT2D eigenvalue weighted by Gasteiger charge is -2.23. The third-order valence-electron chi connectivity index (χ3n) is 5.21. The number of hydrogen-bond acceptors (Lipinski definition) is 7. The number of hydrogen-bond donors (Lipinski definition) is 2. The summed E-state index contributed by atoms with van der Waals surface area (Å²) in [6.45, 7) is 1.38. The van der Waals surface area contributed by atoms with Gasteiger partial charge in [-0.15, -0.1) is 0 Å². The number of amides is 1. The van der Waals surface area contributed by atoms with Crippen molar-refractivity contribution in [2.45, 2.75) is 32.0 Å². The fraction of sp³-hybridized carbons (Fsp3) is 0.333.